The molecule has 45 heavy (non-hydrogen) atoms. The summed E-state index contributed by atoms with van der Waals surface area (Å²) in [7, 11) is 7.77. The number of aromatic carboxylic acids is 1. The van der Waals surface area contributed by atoms with E-state index >= 15 is 0 Å². The highest BCUT2D eigenvalue weighted by molar-refractivity contribution is 6.09. The van der Waals surface area contributed by atoms with Crippen molar-refractivity contribution in [2.75, 3.05) is 39.6 Å². The summed E-state index contributed by atoms with van der Waals surface area (Å²) in [5.41, 5.74) is 3.69. The van der Waals surface area contributed by atoms with Crippen LogP contribution < -0.4 is 25.3 Å². The van der Waals surface area contributed by atoms with Crippen LogP contribution in [-0.4, -0.2) is 57.7 Å². The number of carboxylic acids is 2. The van der Waals surface area contributed by atoms with Crippen LogP contribution in [-0.2, 0) is 4.79 Å². The standard InChI is InChI=1S/C36H43N3O6/c1-38(2)25-15-18-28-31(22-25)45-32-23-26(39(3)4)16-19-29(32)34(28)30-21-24(14-17-27(30)36(43)44)35(42)37-20-12-10-8-6-5-7-9-11-13-33(40)41/h14-19,21-23H,5-13,20H2,1-4H3,(H2-,37,40,41,42,43,44). The van der Waals surface area contributed by atoms with E-state index in [1.54, 1.807) is 6.07 Å². The summed E-state index contributed by atoms with van der Waals surface area (Å²) in [4.78, 5) is 38.1. The van der Waals surface area contributed by atoms with Gasteiger partial charge in [-0.1, -0.05) is 44.6 Å². The van der Waals surface area contributed by atoms with Crippen LogP contribution in [0.4, 0.5) is 5.69 Å². The maximum Gasteiger partial charge on any atom is 0.303 e. The van der Waals surface area contributed by atoms with Crippen molar-refractivity contribution in [2.24, 2.45) is 0 Å². The second-order valence-electron chi connectivity index (χ2n) is 11.9. The summed E-state index contributed by atoms with van der Waals surface area (Å²) in [6.07, 6.45) is 8.01. The number of amides is 1. The summed E-state index contributed by atoms with van der Waals surface area (Å²) in [5, 5.41) is 25.7. The van der Waals surface area contributed by atoms with Gasteiger partial charge in [-0.2, -0.15) is 0 Å². The molecule has 2 aromatic rings. The van der Waals surface area contributed by atoms with E-state index in [9.17, 15) is 19.5 Å². The second-order valence-corrected chi connectivity index (χ2v) is 11.9. The molecule has 0 fully saturated rings. The first-order chi connectivity index (χ1) is 21.6. The Morgan fingerprint density at radius 3 is 2.18 bits per heavy atom. The van der Waals surface area contributed by atoms with Crippen molar-refractivity contribution >= 4 is 34.5 Å². The molecule has 2 aromatic carbocycles. The molecule has 1 aliphatic heterocycles. The highest BCUT2D eigenvalue weighted by Crippen LogP contribution is 2.42. The van der Waals surface area contributed by atoms with Gasteiger partial charge in [0.05, 0.1) is 12.0 Å². The monoisotopic (exact) mass is 613 g/mol. The van der Waals surface area contributed by atoms with E-state index in [4.69, 9.17) is 9.52 Å². The molecule has 0 saturated carbocycles. The fraction of sp³-hybridized carbons (Fsp3) is 0.389. The number of hydrogen-bond donors (Lipinski definition) is 2. The Labute approximate surface area is 264 Å². The predicted molar refractivity (Wildman–Crippen MR) is 176 cm³/mol. The van der Waals surface area contributed by atoms with E-state index < -0.39 is 11.9 Å². The Bertz CT molecular complexity index is 1720. The van der Waals surface area contributed by atoms with Crippen LogP contribution >= 0.6 is 0 Å². The molecular weight excluding hydrogens is 570 g/mol. The number of hydrogen-bond acceptors (Lipinski definition) is 6. The molecule has 9 nitrogen and oxygen atoms in total. The molecule has 1 heterocycles. The van der Waals surface area contributed by atoms with Crippen LogP contribution in [0.5, 0.6) is 0 Å². The number of benzene rings is 3. The molecule has 1 amide bonds. The van der Waals surface area contributed by atoms with Gasteiger partial charge < -0.3 is 29.6 Å². The average molecular weight is 614 g/mol. The van der Waals surface area contributed by atoms with E-state index in [2.05, 4.69) is 5.32 Å². The topological polar surface area (TPSA) is 126 Å². The Kier molecular flexibility index (Phi) is 11.4. The summed E-state index contributed by atoms with van der Waals surface area (Å²) in [6, 6.07) is 16.2. The maximum atomic E-state index is 13.2. The fourth-order valence-corrected chi connectivity index (χ4v) is 5.55. The number of rotatable bonds is 15. The zero-order valence-electron chi connectivity index (χ0n) is 26.7. The van der Waals surface area contributed by atoms with Gasteiger partial charge in [0.15, 0.2) is 0 Å². The molecule has 0 unspecified atom stereocenters. The van der Waals surface area contributed by atoms with Crippen molar-refractivity contribution in [3.8, 4) is 22.5 Å². The molecule has 0 atom stereocenters. The first kappa shape index (κ1) is 33.2. The van der Waals surface area contributed by atoms with Crippen molar-refractivity contribution in [3.63, 3.8) is 0 Å². The van der Waals surface area contributed by atoms with Gasteiger partial charge >= 0.3 is 5.97 Å². The molecule has 0 radical (unpaired) electrons. The molecule has 9 heteroatoms. The van der Waals surface area contributed by atoms with Crippen LogP contribution in [0.25, 0.3) is 33.4 Å². The fourth-order valence-electron chi connectivity index (χ4n) is 5.55. The predicted octanol–water partition coefficient (Wildman–Crippen LogP) is 4.99. The highest BCUT2D eigenvalue weighted by atomic mass is 16.4. The lowest BCUT2D eigenvalue weighted by molar-refractivity contribution is -0.254. The second kappa shape index (κ2) is 15.4. The van der Waals surface area contributed by atoms with Gasteiger partial charge in [0, 0.05) is 72.5 Å². The third kappa shape index (κ3) is 8.50. The van der Waals surface area contributed by atoms with Gasteiger partial charge in [0.2, 0.25) is 5.36 Å². The number of aliphatic carboxylic acids is 1. The molecule has 0 spiro atoms. The Morgan fingerprint density at radius 2 is 1.53 bits per heavy atom. The van der Waals surface area contributed by atoms with Crippen molar-refractivity contribution in [1.82, 2.24) is 9.89 Å². The molecule has 238 valence electrons. The van der Waals surface area contributed by atoms with Crippen LogP contribution in [0, 0.1) is 0 Å². The summed E-state index contributed by atoms with van der Waals surface area (Å²) < 4.78 is 8.35. The zero-order chi connectivity index (χ0) is 32.5. The molecule has 0 saturated heterocycles. The number of carbonyl (C=O) groups excluding carboxylic acids is 2. The van der Waals surface area contributed by atoms with Crippen molar-refractivity contribution < 1.29 is 29.0 Å². The Balaban J connectivity index is 1.57. The van der Waals surface area contributed by atoms with Crippen LogP contribution in [0.2, 0.25) is 0 Å². The van der Waals surface area contributed by atoms with Gasteiger partial charge in [-0.05, 0) is 48.7 Å². The quantitative estimate of drug-likeness (QED) is 0.110. The van der Waals surface area contributed by atoms with E-state index in [0.717, 1.165) is 73.4 Å². The zero-order valence-corrected chi connectivity index (χ0v) is 26.7. The third-order valence-corrected chi connectivity index (χ3v) is 8.10. The molecule has 2 N–H and O–H groups in total. The molecule has 4 rings (SSSR count). The Morgan fingerprint density at radius 1 is 0.844 bits per heavy atom. The number of nitrogens with one attached hydrogen (secondary N) is 1. The molecule has 1 aliphatic carbocycles. The van der Waals surface area contributed by atoms with Gasteiger partial charge in [-0.25, -0.2) is 4.58 Å². The first-order valence-electron chi connectivity index (χ1n) is 15.6. The number of carbonyl (C=O) groups is 3. The molecule has 0 bridgehead atoms. The van der Waals surface area contributed by atoms with Crippen molar-refractivity contribution in [1.29, 1.82) is 0 Å². The Hall–Kier alpha value is -4.66. The van der Waals surface area contributed by atoms with E-state index in [0.29, 0.717) is 34.6 Å². The lowest BCUT2D eigenvalue weighted by Gasteiger charge is -2.20. The van der Waals surface area contributed by atoms with Crippen LogP contribution in [0.1, 0.15) is 78.5 Å². The normalized spacial score (nSPS) is 11.1. The lowest BCUT2D eigenvalue weighted by Crippen LogP contribution is -2.26. The number of nitrogens with zero attached hydrogens (tertiary/aromatic N) is 2. The lowest BCUT2D eigenvalue weighted by atomic mass is 9.89. The van der Waals surface area contributed by atoms with E-state index in [-0.39, 0.29) is 17.9 Å². The molecule has 2 aliphatic rings. The minimum Gasteiger partial charge on any atom is -0.545 e. The summed E-state index contributed by atoms with van der Waals surface area (Å²) >= 11 is 0. The summed E-state index contributed by atoms with van der Waals surface area (Å²) in [6.45, 7) is 0.520. The number of unbranched alkanes of at least 4 members (excludes halogenated alkanes) is 7. The number of anilines is 1. The third-order valence-electron chi connectivity index (χ3n) is 8.10. The van der Waals surface area contributed by atoms with Gasteiger partial charge in [0.25, 0.3) is 5.91 Å². The molecule has 0 aromatic heterocycles. The minimum atomic E-state index is -1.32. The number of carboxylic acid groups (broad SMARTS) is 2. The van der Waals surface area contributed by atoms with Gasteiger partial charge in [-0.3, -0.25) is 9.59 Å². The van der Waals surface area contributed by atoms with Crippen LogP contribution in [0.3, 0.4) is 0 Å². The minimum absolute atomic E-state index is 0.00307. The average Bonchev–Trinajstić information content (AvgIpc) is 3.01. The largest absolute Gasteiger partial charge is 0.545 e. The highest BCUT2D eigenvalue weighted by Gasteiger charge is 2.22. The number of fused-ring (bicyclic) bond motifs is 2. The van der Waals surface area contributed by atoms with E-state index in [1.807, 2.05) is 74.1 Å². The van der Waals surface area contributed by atoms with E-state index in [1.165, 1.54) is 12.1 Å². The molecular formula is C36H43N3O6. The smallest absolute Gasteiger partial charge is 0.303 e. The first-order valence-corrected chi connectivity index (χ1v) is 15.6. The summed E-state index contributed by atoms with van der Waals surface area (Å²) in [5.74, 6) is -1.73. The van der Waals surface area contributed by atoms with Crippen molar-refractivity contribution in [3.05, 3.63) is 71.1 Å². The van der Waals surface area contributed by atoms with Crippen LogP contribution in [0.15, 0.2) is 59.0 Å². The van der Waals surface area contributed by atoms with Gasteiger partial charge in [0.1, 0.15) is 25.4 Å². The van der Waals surface area contributed by atoms with Gasteiger partial charge in [-0.15, -0.1) is 0 Å². The maximum absolute atomic E-state index is 13.2. The SMILES string of the molecule is CN(C)c1ccc2c(-c3cc(C(=O)NCCCCCCCCCCC(=O)O)ccc3C(=O)[O-])c3ccc(=[N+](C)C)cc-3oc2c1. The van der Waals surface area contributed by atoms with Crippen molar-refractivity contribution in [2.45, 2.75) is 57.8 Å².